The van der Waals surface area contributed by atoms with Gasteiger partial charge in [0.1, 0.15) is 0 Å². The fourth-order valence-electron chi connectivity index (χ4n) is 5.14. The van der Waals surface area contributed by atoms with Gasteiger partial charge in [0.2, 0.25) is 11.8 Å². The SMILES string of the molecule is C[C@]12CC[C@](CCC#N)(O1)[C@@H]1C(=O)N(c3ccc(C#N)c(C(F)(F)F)c3)C(=O)[C@@H]12. The molecule has 9 heteroatoms. The number of nitriles is 2. The topological polar surface area (TPSA) is 94.2 Å². The lowest BCUT2D eigenvalue weighted by molar-refractivity contribution is -0.138. The number of imide groups is 1. The Bertz CT molecular complexity index is 1010. The lowest BCUT2D eigenvalue weighted by Crippen LogP contribution is -2.42. The Labute approximate surface area is 164 Å². The zero-order chi connectivity index (χ0) is 21.2. The average molecular weight is 403 g/mol. The van der Waals surface area contributed by atoms with E-state index in [1.807, 2.05) is 6.07 Å². The number of anilines is 1. The van der Waals surface area contributed by atoms with E-state index in [1.165, 1.54) is 12.1 Å². The molecule has 3 aliphatic heterocycles. The number of ether oxygens (including phenoxy) is 1. The van der Waals surface area contributed by atoms with Gasteiger partial charge in [-0.25, -0.2) is 4.90 Å². The fourth-order valence-corrected chi connectivity index (χ4v) is 5.14. The van der Waals surface area contributed by atoms with Gasteiger partial charge in [-0.2, -0.15) is 23.7 Å². The summed E-state index contributed by atoms with van der Waals surface area (Å²) >= 11 is 0. The molecule has 1 aromatic rings. The van der Waals surface area contributed by atoms with Crippen molar-refractivity contribution in [3.05, 3.63) is 29.3 Å². The van der Waals surface area contributed by atoms with Gasteiger partial charge < -0.3 is 4.74 Å². The highest BCUT2D eigenvalue weighted by Crippen LogP contribution is 2.62. The number of alkyl halides is 3. The van der Waals surface area contributed by atoms with Crippen LogP contribution in [0.5, 0.6) is 0 Å². The van der Waals surface area contributed by atoms with Gasteiger partial charge in [-0.05, 0) is 44.4 Å². The minimum absolute atomic E-state index is 0.149. The zero-order valence-corrected chi connectivity index (χ0v) is 15.4. The Hall–Kier alpha value is -2.91. The first-order chi connectivity index (χ1) is 13.6. The van der Waals surface area contributed by atoms with Crippen LogP contribution in [0.25, 0.3) is 0 Å². The second kappa shape index (κ2) is 6.04. The summed E-state index contributed by atoms with van der Waals surface area (Å²) in [5.74, 6) is -2.84. The number of carbonyl (C=O) groups excluding carboxylic acids is 2. The number of hydrogen-bond donors (Lipinski definition) is 0. The van der Waals surface area contributed by atoms with Crippen LogP contribution in [0.2, 0.25) is 0 Å². The van der Waals surface area contributed by atoms with Crippen molar-refractivity contribution in [2.75, 3.05) is 4.90 Å². The molecule has 4 rings (SSSR count). The van der Waals surface area contributed by atoms with Crippen molar-refractivity contribution in [3.63, 3.8) is 0 Å². The summed E-state index contributed by atoms with van der Waals surface area (Å²) in [6, 6.07) is 6.32. The predicted molar refractivity (Wildman–Crippen MR) is 91.9 cm³/mol. The van der Waals surface area contributed by atoms with Crippen molar-refractivity contribution in [3.8, 4) is 12.1 Å². The molecule has 29 heavy (non-hydrogen) atoms. The predicted octanol–water partition coefficient (Wildman–Crippen LogP) is 3.31. The first kappa shape index (κ1) is 19.4. The van der Waals surface area contributed by atoms with E-state index in [2.05, 4.69) is 0 Å². The maximum Gasteiger partial charge on any atom is 0.417 e. The summed E-state index contributed by atoms with van der Waals surface area (Å²) < 4.78 is 46.1. The second-order valence-corrected chi connectivity index (χ2v) is 7.94. The minimum atomic E-state index is -4.80. The fraction of sp³-hybridized carbons (Fsp3) is 0.500. The van der Waals surface area contributed by atoms with Crippen LogP contribution in [-0.2, 0) is 20.5 Å². The van der Waals surface area contributed by atoms with Gasteiger partial charge in [-0.1, -0.05) is 0 Å². The van der Waals surface area contributed by atoms with Gasteiger partial charge >= 0.3 is 6.18 Å². The van der Waals surface area contributed by atoms with Gasteiger partial charge in [-0.3, -0.25) is 9.59 Å². The molecule has 2 amide bonds. The Kier molecular flexibility index (Phi) is 4.04. The highest BCUT2D eigenvalue weighted by molar-refractivity contribution is 6.23. The van der Waals surface area contributed by atoms with Gasteiger partial charge in [0.15, 0.2) is 0 Å². The van der Waals surface area contributed by atoms with E-state index in [9.17, 15) is 22.8 Å². The van der Waals surface area contributed by atoms with Gasteiger partial charge in [0, 0.05) is 6.42 Å². The van der Waals surface area contributed by atoms with Crippen molar-refractivity contribution in [1.29, 1.82) is 10.5 Å². The number of amides is 2. The van der Waals surface area contributed by atoms with Gasteiger partial charge in [-0.15, -0.1) is 0 Å². The zero-order valence-electron chi connectivity index (χ0n) is 15.4. The smallest absolute Gasteiger partial charge is 0.367 e. The minimum Gasteiger partial charge on any atom is -0.367 e. The lowest BCUT2D eigenvalue weighted by atomic mass is 9.67. The van der Waals surface area contributed by atoms with Crippen LogP contribution >= 0.6 is 0 Å². The number of halogens is 3. The van der Waals surface area contributed by atoms with E-state index >= 15 is 0 Å². The van der Waals surface area contributed by atoms with Crippen molar-refractivity contribution in [1.82, 2.24) is 0 Å². The van der Waals surface area contributed by atoms with Crippen LogP contribution in [0.15, 0.2) is 18.2 Å². The van der Waals surface area contributed by atoms with E-state index in [0.29, 0.717) is 18.9 Å². The third-order valence-electron chi connectivity index (χ3n) is 6.36. The molecule has 0 N–H and O–H groups in total. The molecule has 0 spiro atoms. The molecule has 2 bridgehead atoms. The molecule has 3 fully saturated rings. The Morgan fingerprint density at radius 2 is 1.90 bits per heavy atom. The van der Waals surface area contributed by atoms with Crippen molar-refractivity contribution < 1.29 is 27.5 Å². The van der Waals surface area contributed by atoms with E-state index < -0.39 is 52.2 Å². The molecule has 0 unspecified atom stereocenters. The third-order valence-corrected chi connectivity index (χ3v) is 6.36. The first-order valence-electron chi connectivity index (χ1n) is 9.14. The number of benzene rings is 1. The van der Waals surface area contributed by atoms with Crippen LogP contribution in [-0.4, -0.2) is 23.0 Å². The number of nitrogens with zero attached hydrogens (tertiary/aromatic N) is 3. The summed E-state index contributed by atoms with van der Waals surface area (Å²) in [7, 11) is 0. The summed E-state index contributed by atoms with van der Waals surface area (Å²) in [4.78, 5) is 27.1. The second-order valence-electron chi connectivity index (χ2n) is 7.94. The standard InChI is InChI=1S/C20H16F3N3O3/c1-18-6-7-19(29-18,5-2-8-24)15-14(18)16(27)26(17(15)28)12-4-3-11(10-25)13(9-12)20(21,22)23/h3-4,9,14-15H,2,5-7H2,1H3/t14-,15+,18-,19+/m1/s1. The largest absolute Gasteiger partial charge is 0.417 e. The molecule has 0 aliphatic carbocycles. The molecule has 1 aromatic carbocycles. The van der Waals surface area contributed by atoms with Crippen LogP contribution in [0.1, 0.15) is 43.7 Å². The molecule has 4 atom stereocenters. The number of hydrogen-bond acceptors (Lipinski definition) is 5. The van der Waals surface area contributed by atoms with Gasteiger partial charge in [0.25, 0.3) is 0 Å². The van der Waals surface area contributed by atoms with E-state index in [4.69, 9.17) is 15.3 Å². The molecule has 3 aliphatic rings. The Balaban J connectivity index is 1.78. The number of rotatable bonds is 3. The summed E-state index contributed by atoms with van der Waals surface area (Å²) in [5.41, 5.74) is -3.82. The molecular formula is C20H16F3N3O3. The maximum absolute atomic E-state index is 13.3. The highest BCUT2D eigenvalue weighted by atomic mass is 19.4. The molecule has 150 valence electrons. The van der Waals surface area contributed by atoms with Crippen LogP contribution in [0, 0.1) is 34.5 Å². The number of fused-ring (bicyclic) bond motifs is 5. The normalized spacial score (nSPS) is 33.0. The highest BCUT2D eigenvalue weighted by Gasteiger charge is 2.73. The molecular weight excluding hydrogens is 387 g/mol. The third kappa shape index (κ3) is 2.57. The molecule has 0 aromatic heterocycles. The van der Waals surface area contributed by atoms with Crippen LogP contribution in [0.3, 0.4) is 0 Å². The van der Waals surface area contributed by atoms with Gasteiger partial charge in [0.05, 0.1) is 52.0 Å². The summed E-state index contributed by atoms with van der Waals surface area (Å²) in [6.45, 7) is 1.74. The Morgan fingerprint density at radius 1 is 1.21 bits per heavy atom. The lowest BCUT2D eigenvalue weighted by Gasteiger charge is -2.30. The Morgan fingerprint density at radius 3 is 2.52 bits per heavy atom. The van der Waals surface area contributed by atoms with Crippen LogP contribution < -0.4 is 4.90 Å². The summed E-state index contributed by atoms with van der Waals surface area (Å²) in [6.07, 6.45) is -3.32. The monoisotopic (exact) mass is 403 g/mol. The molecule has 3 saturated heterocycles. The molecule has 0 radical (unpaired) electrons. The van der Waals surface area contributed by atoms with Crippen molar-refractivity contribution in [2.45, 2.75) is 50.0 Å². The quantitative estimate of drug-likeness (QED) is 0.722. The van der Waals surface area contributed by atoms with Crippen LogP contribution in [0.4, 0.5) is 18.9 Å². The molecule has 3 heterocycles. The summed E-state index contributed by atoms with van der Waals surface area (Å²) in [5, 5.41) is 17.9. The maximum atomic E-state index is 13.3. The van der Waals surface area contributed by atoms with E-state index in [-0.39, 0.29) is 18.5 Å². The van der Waals surface area contributed by atoms with E-state index in [1.54, 1.807) is 6.92 Å². The van der Waals surface area contributed by atoms with E-state index in [0.717, 1.165) is 11.0 Å². The van der Waals surface area contributed by atoms with Crippen molar-refractivity contribution >= 4 is 17.5 Å². The van der Waals surface area contributed by atoms with Crippen molar-refractivity contribution in [2.24, 2.45) is 11.8 Å². The molecule has 0 saturated carbocycles. The number of carbonyl (C=O) groups is 2. The average Bonchev–Trinajstić information content (AvgIpc) is 3.24. The first-order valence-corrected chi connectivity index (χ1v) is 9.14. The molecule has 6 nitrogen and oxygen atoms in total.